The fourth-order valence-corrected chi connectivity index (χ4v) is 5.22. The number of hydrogen-bond donors (Lipinski definition) is 4. The van der Waals surface area contributed by atoms with E-state index in [1.54, 1.807) is 0 Å². The van der Waals surface area contributed by atoms with Crippen molar-refractivity contribution in [2.45, 2.75) is 30.8 Å². The molecule has 0 saturated carbocycles. The van der Waals surface area contributed by atoms with E-state index in [0.717, 1.165) is 34.8 Å². The number of rotatable bonds is 10. The zero-order valence-electron chi connectivity index (χ0n) is 17.3. The molecule has 0 unspecified atom stereocenters. The van der Waals surface area contributed by atoms with E-state index in [2.05, 4.69) is 19.4 Å². The molecule has 2 atom stereocenters. The van der Waals surface area contributed by atoms with Gasteiger partial charge in [0.2, 0.25) is 5.13 Å². The molecule has 0 aliphatic carbocycles. The lowest BCUT2D eigenvalue weighted by atomic mass is 9.91. The number of nitrogens with two attached hydrogens (primary N) is 2. The predicted octanol–water partition coefficient (Wildman–Crippen LogP) is 3.21. The Morgan fingerprint density at radius 1 is 1.25 bits per heavy atom. The average Bonchev–Trinajstić information content (AvgIpc) is 3.25. The zero-order valence-corrected chi connectivity index (χ0v) is 19.6. The normalized spacial score (nSPS) is 13.5. The molecule has 172 valence electrons. The van der Waals surface area contributed by atoms with Crippen molar-refractivity contribution in [3.8, 4) is 0 Å². The molecule has 32 heavy (non-hydrogen) atoms. The first-order valence-electron chi connectivity index (χ1n) is 9.76. The fraction of sp³-hybridized carbons (Fsp3) is 0.300. The number of halogens is 2. The summed E-state index contributed by atoms with van der Waals surface area (Å²) in [6.45, 7) is 2.73. The highest BCUT2D eigenvalue weighted by molar-refractivity contribution is 7.93. The van der Waals surface area contributed by atoms with Gasteiger partial charge in [-0.05, 0) is 42.5 Å². The third kappa shape index (κ3) is 5.93. The number of hydrogen-bond acceptors (Lipinski definition) is 8. The van der Waals surface area contributed by atoms with Gasteiger partial charge in [0.15, 0.2) is 0 Å². The van der Waals surface area contributed by atoms with Crippen molar-refractivity contribution in [3.05, 3.63) is 64.7 Å². The Labute approximate surface area is 195 Å². The largest absolute Gasteiger partial charge is 0.383 e. The average molecular weight is 499 g/mol. The van der Waals surface area contributed by atoms with Crippen molar-refractivity contribution in [2.24, 2.45) is 17.4 Å². The van der Waals surface area contributed by atoms with Crippen molar-refractivity contribution in [1.29, 1.82) is 0 Å². The molecule has 0 saturated heterocycles. The molecule has 0 radical (unpaired) electrons. The molecule has 0 aliphatic rings. The van der Waals surface area contributed by atoms with Crippen LogP contribution in [0.4, 0.5) is 15.2 Å². The molecule has 0 fully saturated rings. The summed E-state index contributed by atoms with van der Waals surface area (Å²) >= 11 is 7.10. The van der Waals surface area contributed by atoms with Gasteiger partial charge in [-0.25, -0.2) is 17.8 Å². The minimum Gasteiger partial charge on any atom is -0.383 e. The molecule has 0 spiro atoms. The van der Waals surface area contributed by atoms with E-state index in [1.807, 2.05) is 31.2 Å². The van der Waals surface area contributed by atoms with Gasteiger partial charge in [0, 0.05) is 30.7 Å². The number of anilines is 2. The van der Waals surface area contributed by atoms with Crippen LogP contribution in [0.5, 0.6) is 0 Å². The van der Waals surface area contributed by atoms with Crippen molar-refractivity contribution in [1.82, 2.24) is 9.36 Å². The Morgan fingerprint density at radius 3 is 2.59 bits per heavy atom. The summed E-state index contributed by atoms with van der Waals surface area (Å²) in [6.07, 6.45) is 1.87. The van der Waals surface area contributed by atoms with Gasteiger partial charge in [0.25, 0.3) is 10.0 Å². The second-order valence-electron chi connectivity index (χ2n) is 7.29. The van der Waals surface area contributed by atoms with Gasteiger partial charge >= 0.3 is 0 Å². The first-order chi connectivity index (χ1) is 15.2. The fourth-order valence-electron chi connectivity index (χ4n) is 3.18. The molecule has 2 aromatic carbocycles. The molecule has 1 heterocycles. The monoisotopic (exact) mass is 498 g/mol. The van der Waals surface area contributed by atoms with Crippen molar-refractivity contribution >= 4 is 44.0 Å². The van der Waals surface area contributed by atoms with E-state index in [-0.39, 0.29) is 27.8 Å². The topological polar surface area (TPSA) is 136 Å². The van der Waals surface area contributed by atoms with Crippen LogP contribution in [0.3, 0.4) is 0 Å². The predicted molar refractivity (Wildman–Crippen MR) is 126 cm³/mol. The molecule has 8 nitrogen and oxygen atoms in total. The maximum Gasteiger partial charge on any atom is 0.266 e. The minimum absolute atomic E-state index is 0.00399. The van der Waals surface area contributed by atoms with E-state index >= 15 is 0 Å². The smallest absolute Gasteiger partial charge is 0.266 e. The van der Waals surface area contributed by atoms with E-state index in [4.69, 9.17) is 23.1 Å². The lowest BCUT2D eigenvalue weighted by molar-refractivity contribution is 0.461. The zero-order chi connectivity index (χ0) is 23.3. The Hall–Kier alpha value is -2.31. The lowest BCUT2D eigenvalue weighted by Gasteiger charge is -2.23. The van der Waals surface area contributed by atoms with Crippen LogP contribution in [0.1, 0.15) is 18.1 Å². The van der Waals surface area contributed by atoms with Crippen molar-refractivity contribution in [2.75, 3.05) is 16.6 Å². The second-order valence-corrected chi connectivity index (χ2v) is 10.1. The van der Waals surface area contributed by atoms with Gasteiger partial charge in [-0.3, -0.25) is 4.72 Å². The van der Waals surface area contributed by atoms with Gasteiger partial charge in [0.1, 0.15) is 17.0 Å². The quantitative estimate of drug-likeness (QED) is 0.337. The molecular weight excluding hydrogens is 475 g/mol. The number of benzene rings is 2. The van der Waals surface area contributed by atoms with E-state index in [1.165, 1.54) is 6.33 Å². The minimum atomic E-state index is -4.21. The number of nitrogens with zero attached hydrogens (tertiary/aromatic N) is 2. The van der Waals surface area contributed by atoms with Crippen LogP contribution in [-0.4, -0.2) is 30.4 Å². The summed E-state index contributed by atoms with van der Waals surface area (Å²) in [6, 6.07) is 9.82. The summed E-state index contributed by atoms with van der Waals surface area (Å²) in [5.74, 6) is -0.941. The molecule has 3 rings (SSSR count). The summed E-state index contributed by atoms with van der Waals surface area (Å²) in [4.78, 5) is 3.16. The first kappa shape index (κ1) is 24.3. The molecule has 12 heteroatoms. The van der Waals surface area contributed by atoms with Crippen LogP contribution in [0.2, 0.25) is 5.02 Å². The third-order valence-electron chi connectivity index (χ3n) is 5.01. The van der Waals surface area contributed by atoms with E-state index in [9.17, 15) is 12.8 Å². The molecular formula is C20H24ClFN6O2S2. The van der Waals surface area contributed by atoms with Crippen LogP contribution in [0, 0.1) is 11.7 Å². The van der Waals surface area contributed by atoms with Crippen LogP contribution < -0.4 is 21.5 Å². The second kappa shape index (κ2) is 10.5. The Morgan fingerprint density at radius 2 is 1.97 bits per heavy atom. The third-order valence-corrected chi connectivity index (χ3v) is 7.39. The lowest BCUT2D eigenvalue weighted by Crippen LogP contribution is -2.34. The molecule has 0 aliphatic heterocycles. The number of nitrogens with one attached hydrogen (secondary N) is 2. The van der Waals surface area contributed by atoms with E-state index < -0.39 is 20.7 Å². The highest BCUT2D eigenvalue weighted by Gasteiger charge is 2.23. The van der Waals surface area contributed by atoms with Crippen LogP contribution >= 0.6 is 23.1 Å². The standard InChI is InChI=1S/C20H24ClFN6O2S2/c1-12(24)15(6-13-4-2-3-5-14(13)9-23)10-25-18-8-17(22)19(7-16(18)21)32(29,30)28-20-26-11-27-31-20/h2-5,7-8,11-12,15,25H,6,9-10,23-24H2,1H3,(H,26,27,28)/t12-,15+/m1/s1. The molecule has 3 aromatic rings. The molecule has 1 aromatic heterocycles. The summed E-state index contributed by atoms with van der Waals surface area (Å²) in [7, 11) is -4.21. The molecule has 6 N–H and O–H groups in total. The Kier molecular flexibility index (Phi) is 8.01. The van der Waals surface area contributed by atoms with Crippen LogP contribution in [0.25, 0.3) is 0 Å². The van der Waals surface area contributed by atoms with Gasteiger partial charge < -0.3 is 16.8 Å². The van der Waals surface area contributed by atoms with Gasteiger partial charge in [-0.1, -0.05) is 35.9 Å². The highest BCUT2D eigenvalue weighted by atomic mass is 35.5. The summed E-state index contributed by atoms with van der Waals surface area (Å²) in [5, 5.41) is 3.19. The SMILES string of the molecule is C[C@@H](N)[C@H](CNc1cc(F)c(S(=O)(=O)Nc2ncns2)cc1Cl)Cc1ccccc1CN. The number of aromatic nitrogens is 2. The maximum absolute atomic E-state index is 14.7. The van der Waals surface area contributed by atoms with Gasteiger partial charge in [-0.15, -0.1) is 0 Å². The summed E-state index contributed by atoms with van der Waals surface area (Å²) in [5.41, 5.74) is 14.4. The van der Waals surface area contributed by atoms with Gasteiger partial charge in [0.05, 0.1) is 10.7 Å². The van der Waals surface area contributed by atoms with Gasteiger partial charge in [-0.2, -0.15) is 4.37 Å². The van der Waals surface area contributed by atoms with E-state index in [0.29, 0.717) is 19.5 Å². The summed E-state index contributed by atoms with van der Waals surface area (Å²) < 4.78 is 45.5. The maximum atomic E-state index is 14.7. The van der Waals surface area contributed by atoms with Crippen LogP contribution in [0.15, 0.2) is 47.6 Å². The first-order valence-corrected chi connectivity index (χ1v) is 12.4. The molecule has 0 bridgehead atoms. The Bertz CT molecular complexity index is 1160. The number of sulfonamides is 1. The van der Waals surface area contributed by atoms with Crippen molar-refractivity contribution in [3.63, 3.8) is 0 Å². The van der Waals surface area contributed by atoms with Crippen molar-refractivity contribution < 1.29 is 12.8 Å². The Balaban J connectivity index is 1.76. The highest BCUT2D eigenvalue weighted by Crippen LogP contribution is 2.30. The molecule has 0 amide bonds. The van der Waals surface area contributed by atoms with Crippen LogP contribution in [-0.2, 0) is 23.0 Å².